The molecule has 0 amide bonds. The van der Waals surface area contributed by atoms with Crippen molar-refractivity contribution in [2.45, 2.75) is 19.4 Å². The van der Waals surface area contributed by atoms with Gasteiger partial charge in [-0.05, 0) is 30.7 Å². The summed E-state index contributed by atoms with van der Waals surface area (Å²) in [5.74, 6) is 0.677. The first-order valence-electron chi connectivity index (χ1n) is 8.67. The largest absolute Gasteiger partial charge is 0.489 e. The molecule has 0 bridgehead atoms. The maximum atomic E-state index is 9.72. The molecule has 0 aliphatic carbocycles. The predicted octanol–water partition coefficient (Wildman–Crippen LogP) is 4.17. The number of nitrogens with zero attached hydrogens (tertiary/aromatic N) is 2. The zero-order chi connectivity index (χ0) is 19.7. The number of hydrogen-bond acceptors (Lipinski definition) is 5. The number of hydrogen-bond donors (Lipinski definition) is 2. The lowest BCUT2D eigenvalue weighted by atomic mass is 9.83. The van der Waals surface area contributed by atoms with E-state index in [0.29, 0.717) is 28.8 Å². The number of rotatable bonds is 4. The summed E-state index contributed by atoms with van der Waals surface area (Å²) in [5, 5.41) is 17.5. The molecule has 0 spiro atoms. The first-order valence-corrected chi connectivity index (χ1v) is 9.05. The summed E-state index contributed by atoms with van der Waals surface area (Å²) in [7, 11) is 0. The van der Waals surface area contributed by atoms with Gasteiger partial charge in [-0.25, -0.2) is 0 Å². The van der Waals surface area contributed by atoms with E-state index in [1.807, 2.05) is 55.5 Å². The monoisotopic (exact) mass is 392 g/mol. The highest BCUT2D eigenvalue weighted by atomic mass is 35.5. The number of aromatic amines is 1. The van der Waals surface area contributed by atoms with Gasteiger partial charge in [0.25, 0.3) is 0 Å². The van der Waals surface area contributed by atoms with E-state index in [-0.39, 0.29) is 5.88 Å². The van der Waals surface area contributed by atoms with Crippen molar-refractivity contribution >= 4 is 11.6 Å². The molecule has 1 aromatic heterocycles. The van der Waals surface area contributed by atoms with E-state index in [0.717, 1.165) is 22.4 Å². The molecule has 0 radical (unpaired) electrons. The summed E-state index contributed by atoms with van der Waals surface area (Å²) in [6, 6.07) is 17.3. The smallest absolute Gasteiger partial charge is 0.244 e. The Morgan fingerprint density at radius 3 is 2.75 bits per heavy atom. The maximum absolute atomic E-state index is 9.72. The van der Waals surface area contributed by atoms with Crippen molar-refractivity contribution < 1.29 is 9.47 Å². The third kappa shape index (κ3) is 3.17. The molecule has 1 aliphatic heterocycles. The van der Waals surface area contributed by atoms with Gasteiger partial charge in [0.2, 0.25) is 11.8 Å². The van der Waals surface area contributed by atoms with Crippen LogP contribution in [0.25, 0.3) is 0 Å². The molecular weight excluding hydrogens is 376 g/mol. The number of benzene rings is 2. The van der Waals surface area contributed by atoms with Gasteiger partial charge in [0.15, 0.2) is 0 Å². The Bertz CT molecular complexity index is 1100. The topological polar surface area (TPSA) is 97.0 Å². The van der Waals surface area contributed by atoms with Crippen molar-refractivity contribution in [2.24, 2.45) is 5.73 Å². The average Bonchev–Trinajstić information content (AvgIpc) is 3.07. The van der Waals surface area contributed by atoms with E-state index >= 15 is 0 Å². The molecule has 6 nitrogen and oxygen atoms in total. The first kappa shape index (κ1) is 18.0. The van der Waals surface area contributed by atoms with Crippen LogP contribution >= 0.6 is 11.6 Å². The van der Waals surface area contributed by atoms with Crippen LogP contribution in [0.15, 0.2) is 60.0 Å². The van der Waals surface area contributed by atoms with Crippen LogP contribution < -0.4 is 15.2 Å². The maximum Gasteiger partial charge on any atom is 0.244 e. The molecule has 7 heteroatoms. The van der Waals surface area contributed by atoms with Gasteiger partial charge in [0.1, 0.15) is 24.0 Å². The highest BCUT2D eigenvalue weighted by Gasteiger charge is 2.35. The van der Waals surface area contributed by atoms with Gasteiger partial charge in [-0.3, -0.25) is 5.10 Å². The van der Waals surface area contributed by atoms with E-state index in [9.17, 15) is 5.26 Å². The number of aromatic nitrogens is 2. The molecule has 1 atom stereocenters. The molecule has 28 heavy (non-hydrogen) atoms. The molecular formula is C21H17ClN4O2. The number of halogens is 1. The van der Waals surface area contributed by atoms with Gasteiger partial charge in [0.05, 0.1) is 5.92 Å². The summed E-state index contributed by atoms with van der Waals surface area (Å²) in [6.45, 7) is 2.26. The Hall–Kier alpha value is -3.43. The van der Waals surface area contributed by atoms with Gasteiger partial charge in [0, 0.05) is 21.8 Å². The molecule has 2 heterocycles. The van der Waals surface area contributed by atoms with Gasteiger partial charge in [-0.1, -0.05) is 41.9 Å². The summed E-state index contributed by atoms with van der Waals surface area (Å²) in [6.07, 6.45) is 0. The average molecular weight is 393 g/mol. The number of fused-ring (bicyclic) bond motifs is 1. The third-order valence-corrected chi connectivity index (χ3v) is 4.92. The fraction of sp³-hybridized carbons (Fsp3) is 0.143. The molecule has 1 aliphatic rings. The number of nitrogens with two attached hydrogens (primary N) is 1. The standard InChI is InChI=1S/C21H17ClN4O2/c1-12-18-19(16(10-23)20(24)28-21(18)26-25-12)15-4-2-3-5-17(15)27-11-13-6-8-14(22)9-7-13/h2-9,19H,11,24H2,1H3,(H,25,26)/t19-/m1/s1. The second kappa shape index (κ2) is 7.29. The van der Waals surface area contributed by atoms with Crippen molar-refractivity contribution in [3.63, 3.8) is 0 Å². The number of aryl methyl sites for hydroxylation is 1. The summed E-state index contributed by atoms with van der Waals surface area (Å²) in [4.78, 5) is 0. The summed E-state index contributed by atoms with van der Waals surface area (Å²) < 4.78 is 11.6. The van der Waals surface area contributed by atoms with Crippen molar-refractivity contribution in [1.29, 1.82) is 5.26 Å². The Balaban J connectivity index is 1.74. The first-order chi connectivity index (χ1) is 13.6. The van der Waals surface area contributed by atoms with E-state index < -0.39 is 5.92 Å². The Kier molecular flexibility index (Phi) is 4.68. The molecule has 3 aromatic rings. The molecule has 0 fully saturated rings. The van der Waals surface area contributed by atoms with E-state index in [1.165, 1.54) is 0 Å². The number of allylic oxidation sites excluding steroid dienone is 1. The molecule has 0 saturated carbocycles. The summed E-state index contributed by atoms with van der Waals surface area (Å²) in [5.41, 5.74) is 9.74. The second-order valence-electron chi connectivity index (χ2n) is 6.45. The fourth-order valence-electron chi connectivity index (χ4n) is 3.30. The minimum absolute atomic E-state index is 0.0546. The lowest BCUT2D eigenvalue weighted by molar-refractivity contribution is 0.301. The van der Waals surface area contributed by atoms with Gasteiger partial charge in [-0.2, -0.15) is 5.26 Å². The Labute approximate surface area is 167 Å². The van der Waals surface area contributed by atoms with Gasteiger partial charge in [-0.15, -0.1) is 5.10 Å². The molecule has 2 aromatic carbocycles. The number of H-pyrrole nitrogens is 1. The Morgan fingerprint density at radius 1 is 1.25 bits per heavy atom. The lowest BCUT2D eigenvalue weighted by Crippen LogP contribution is -2.21. The molecule has 0 unspecified atom stereocenters. The van der Waals surface area contributed by atoms with Crippen LogP contribution in [0.2, 0.25) is 5.02 Å². The highest BCUT2D eigenvalue weighted by molar-refractivity contribution is 6.30. The molecule has 140 valence electrons. The number of nitrogens with one attached hydrogen (secondary N) is 1. The van der Waals surface area contributed by atoms with Crippen molar-refractivity contribution in [3.05, 3.63) is 87.4 Å². The van der Waals surface area contributed by atoms with Crippen LogP contribution in [0.5, 0.6) is 11.6 Å². The Morgan fingerprint density at radius 2 is 2.00 bits per heavy atom. The third-order valence-electron chi connectivity index (χ3n) is 4.67. The second-order valence-corrected chi connectivity index (χ2v) is 6.88. The van der Waals surface area contributed by atoms with Gasteiger partial charge >= 0.3 is 0 Å². The fourth-order valence-corrected chi connectivity index (χ4v) is 3.43. The van der Waals surface area contributed by atoms with Crippen LogP contribution in [0.1, 0.15) is 28.3 Å². The van der Waals surface area contributed by atoms with Crippen molar-refractivity contribution in [1.82, 2.24) is 10.2 Å². The van der Waals surface area contributed by atoms with Crippen molar-refractivity contribution in [3.8, 4) is 17.7 Å². The normalized spacial score (nSPS) is 15.5. The number of ether oxygens (including phenoxy) is 2. The summed E-state index contributed by atoms with van der Waals surface area (Å²) >= 11 is 5.94. The predicted molar refractivity (Wildman–Crippen MR) is 105 cm³/mol. The van der Waals surface area contributed by atoms with Crippen LogP contribution in [-0.4, -0.2) is 10.2 Å². The van der Waals surface area contributed by atoms with E-state index in [1.54, 1.807) is 0 Å². The van der Waals surface area contributed by atoms with E-state index in [2.05, 4.69) is 16.3 Å². The highest BCUT2D eigenvalue weighted by Crippen LogP contribution is 2.45. The minimum Gasteiger partial charge on any atom is -0.489 e. The van der Waals surface area contributed by atoms with Crippen LogP contribution in [0.4, 0.5) is 0 Å². The molecule has 3 N–H and O–H groups in total. The quantitative estimate of drug-likeness (QED) is 0.694. The SMILES string of the molecule is Cc1[nH]nc2c1[C@H](c1ccccc1OCc1ccc(Cl)cc1)C(C#N)=C(N)O2. The molecule has 0 saturated heterocycles. The lowest BCUT2D eigenvalue weighted by Gasteiger charge is -2.25. The minimum atomic E-state index is -0.422. The number of nitriles is 1. The van der Waals surface area contributed by atoms with Gasteiger partial charge < -0.3 is 15.2 Å². The van der Waals surface area contributed by atoms with Crippen LogP contribution in [-0.2, 0) is 6.61 Å². The van der Waals surface area contributed by atoms with Crippen LogP contribution in [0.3, 0.4) is 0 Å². The van der Waals surface area contributed by atoms with Crippen LogP contribution in [0, 0.1) is 18.3 Å². The zero-order valence-corrected chi connectivity index (χ0v) is 15.8. The van der Waals surface area contributed by atoms with E-state index in [4.69, 9.17) is 26.8 Å². The van der Waals surface area contributed by atoms with Crippen molar-refractivity contribution in [2.75, 3.05) is 0 Å². The molecule has 4 rings (SSSR count). The zero-order valence-electron chi connectivity index (χ0n) is 15.1. The number of para-hydroxylation sites is 1.